The van der Waals surface area contributed by atoms with Crippen LogP contribution in [0.5, 0.6) is 0 Å². The Bertz CT molecular complexity index is 1260. The molecule has 0 fully saturated rings. The molecule has 0 saturated carbocycles. The second kappa shape index (κ2) is 7.69. The highest BCUT2D eigenvalue weighted by atomic mass is 32.2. The average Bonchev–Trinajstić information content (AvgIpc) is 3.33. The van der Waals surface area contributed by atoms with Gasteiger partial charge in [-0.2, -0.15) is 14.1 Å². The number of aryl methyl sites for hydroxylation is 3. The molecule has 3 heterocycles. The zero-order chi connectivity index (χ0) is 21.8. The lowest BCUT2D eigenvalue weighted by Crippen LogP contribution is -2.36. The predicted molar refractivity (Wildman–Crippen MR) is 120 cm³/mol. The minimum atomic E-state index is -3.76. The van der Waals surface area contributed by atoms with E-state index < -0.39 is 10.0 Å². The summed E-state index contributed by atoms with van der Waals surface area (Å²) in [6, 6.07) is 9.90. The van der Waals surface area contributed by atoms with Crippen molar-refractivity contribution in [3.63, 3.8) is 0 Å². The largest absolute Gasteiger partial charge is 0.288 e. The molecular formula is C23H25N3O3S2. The number of carbonyl (C=O) groups excluding carboxylic acids is 1. The molecule has 0 spiro atoms. The summed E-state index contributed by atoms with van der Waals surface area (Å²) in [6.07, 6.45) is 5.01. The van der Waals surface area contributed by atoms with Crippen molar-refractivity contribution in [2.45, 2.75) is 57.4 Å². The van der Waals surface area contributed by atoms with Crippen LogP contribution in [0, 0.1) is 13.8 Å². The van der Waals surface area contributed by atoms with Crippen LogP contribution in [0.25, 0.3) is 0 Å². The monoisotopic (exact) mass is 455 g/mol. The van der Waals surface area contributed by atoms with Gasteiger partial charge in [-0.05, 0) is 68.7 Å². The Morgan fingerprint density at radius 3 is 2.55 bits per heavy atom. The van der Waals surface area contributed by atoms with Crippen LogP contribution >= 0.6 is 11.3 Å². The summed E-state index contributed by atoms with van der Waals surface area (Å²) in [7, 11) is -3.76. The standard InChI is InChI=1S/C23H25N3O3S2/c1-15-22(31(28,29)25-12-11-17-7-3-4-9-19(17)14-25)16(2)26(24-15)23(27)21-13-18-8-5-6-10-20(18)30-21/h3-4,7,9,13H,5-6,8,10-12,14H2,1-2H3. The topological polar surface area (TPSA) is 72.3 Å². The van der Waals surface area contributed by atoms with Crippen LogP contribution < -0.4 is 0 Å². The molecule has 1 aliphatic heterocycles. The molecule has 31 heavy (non-hydrogen) atoms. The Kier molecular flexibility index (Phi) is 5.11. The molecular weight excluding hydrogens is 430 g/mol. The van der Waals surface area contributed by atoms with Crippen molar-refractivity contribution in [2.75, 3.05) is 6.54 Å². The first-order chi connectivity index (χ1) is 14.9. The van der Waals surface area contributed by atoms with Gasteiger partial charge in [0.2, 0.25) is 10.0 Å². The van der Waals surface area contributed by atoms with Crippen LogP contribution in [0.2, 0.25) is 0 Å². The molecule has 5 rings (SSSR count). The maximum atomic E-state index is 13.5. The van der Waals surface area contributed by atoms with Crippen molar-refractivity contribution in [1.82, 2.24) is 14.1 Å². The van der Waals surface area contributed by atoms with Crippen molar-refractivity contribution in [1.29, 1.82) is 0 Å². The highest BCUT2D eigenvalue weighted by Crippen LogP contribution is 2.32. The summed E-state index contributed by atoms with van der Waals surface area (Å²) in [5.41, 5.74) is 4.22. The Morgan fingerprint density at radius 2 is 1.77 bits per heavy atom. The Morgan fingerprint density at radius 1 is 1.03 bits per heavy atom. The first-order valence-corrected chi connectivity index (χ1v) is 12.9. The fourth-order valence-corrected chi connectivity index (χ4v) is 7.66. The lowest BCUT2D eigenvalue weighted by Gasteiger charge is -2.28. The number of rotatable bonds is 3. The zero-order valence-electron chi connectivity index (χ0n) is 17.7. The van der Waals surface area contributed by atoms with Crippen molar-refractivity contribution in [3.05, 3.63) is 68.2 Å². The Hall–Kier alpha value is -2.29. The maximum absolute atomic E-state index is 13.5. The fraction of sp³-hybridized carbons (Fsp3) is 0.391. The first-order valence-electron chi connectivity index (χ1n) is 10.7. The molecule has 0 unspecified atom stereocenters. The average molecular weight is 456 g/mol. The van der Waals surface area contributed by atoms with Crippen molar-refractivity contribution in [2.24, 2.45) is 0 Å². The van der Waals surface area contributed by atoms with E-state index >= 15 is 0 Å². The van der Waals surface area contributed by atoms with E-state index in [1.54, 1.807) is 13.8 Å². The Balaban J connectivity index is 1.48. The molecule has 162 valence electrons. The molecule has 1 aromatic carbocycles. The zero-order valence-corrected chi connectivity index (χ0v) is 19.4. The van der Waals surface area contributed by atoms with Crippen molar-refractivity contribution < 1.29 is 13.2 Å². The minimum absolute atomic E-state index is 0.154. The number of hydrogen-bond acceptors (Lipinski definition) is 5. The van der Waals surface area contributed by atoms with Gasteiger partial charge in [0.1, 0.15) is 4.90 Å². The van der Waals surface area contributed by atoms with E-state index in [4.69, 9.17) is 0 Å². The van der Waals surface area contributed by atoms with Crippen LogP contribution in [-0.4, -0.2) is 35.0 Å². The van der Waals surface area contributed by atoms with E-state index in [1.807, 2.05) is 30.3 Å². The summed E-state index contributed by atoms with van der Waals surface area (Å²) in [5, 5.41) is 4.37. The number of carbonyl (C=O) groups is 1. The number of hydrogen-bond donors (Lipinski definition) is 0. The van der Waals surface area contributed by atoms with Crippen molar-refractivity contribution >= 4 is 27.3 Å². The second-order valence-electron chi connectivity index (χ2n) is 8.34. The van der Waals surface area contributed by atoms with E-state index in [0.29, 0.717) is 35.8 Å². The molecule has 0 amide bonds. The van der Waals surface area contributed by atoms with Gasteiger partial charge < -0.3 is 0 Å². The molecule has 3 aromatic rings. The van der Waals surface area contributed by atoms with Gasteiger partial charge in [0.25, 0.3) is 5.91 Å². The van der Waals surface area contributed by atoms with Gasteiger partial charge in [0, 0.05) is 18.0 Å². The van der Waals surface area contributed by atoms with Crippen molar-refractivity contribution in [3.8, 4) is 0 Å². The lowest BCUT2D eigenvalue weighted by atomic mass is 9.99. The molecule has 1 aliphatic carbocycles. The number of thiophene rings is 1. The minimum Gasteiger partial charge on any atom is -0.266 e. The van der Waals surface area contributed by atoms with Gasteiger partial charge in [-0.1, -0.05) is 24.3 Å². The van der Waals surface area contributed by atoms with E-state index in [1.165, 1.54) is 36.3 Å². The summed E-state index contributed by atoms with van der Waals surface area (Å²) < 4.78 is 29.8. The van der Waals surface area contributed by atoms with Crippen LogP contribution in [0.3, 0.4) is 0 Å². The lowest BCUT2D eigenvalue weighted by molar-refractivity contribution is 0.0946. The summed E-state index contributed by atoms with van der Waals surface area (Å²) in [4.78, 5) is 15.3. The third kappa shape index (κ3) is 3.46. The SMILES string of the molecule is Cc1nn(C(=O)c2cc3c(s2)CCCC3)c(C)c1S(=O)(=O)N1CCc2ccccc2C1. The molecule has 0 N–H and O–H groups in total. The molecule has 0 radical (unpaired) electrons. The third-order valence-corrected chi connectivity index (χ3v) is 9.64. The normalized spacial score (nSPS) is 16.7. The fourth-order valence-electron chi connectivity index (χ4n) is 4.70. The molecule has 0 bridgehead atoms. The number of aromatic nitrogens is 2. The number of nitrogens with zero attached hydrogens (tertiary/aromatic N) is 3. The quantitative estimate of drug-likeness (QED) is 0.601. The number of fused-ring (bicyclic) bond motifs is 2. The maximum Gasteiger partial charge on any atom is 0.288 e. The Labute approximate surface area is 186 Å². The van der Waals surface area contributed by atoms with E-state index in [9.17, 15) is 13.2 Å². The van der Waals surface area contributed by atoms with Crippen LogP contribution in [0.4, 0.5) is 0 Å². The first kappa shape index (κ1) is 20.6. The molecule has 6 nitrogen and oxygen atoms in total. The van der Waals surface area contributed by atoms with Gasteiger partial charge in [-0.3, -0.25) is 4.79 Å². The summed E-state index contributed by atoms with van der Waals surface area (Å²) in [6.45, 7) is 4.11. The van der Waals surface area contributed by atoms with E-state index in [0.717, 1.165) is 31.2 Å². The number of sulfonamides is 1. The highest BCUT2D eigenvalue weighted by Gasteiger charge is 2.34. The van der Waals surface area contributed by atoms with E-state index in [-0.39, 0.29) is 10.8 Å². The number of benzene rings is 1. The molecule has 0 saturated heterocycles. The van der Waals surface area contributed by atoms with Gasteiger partial charge in [-0.25, -0.2) is 8.42 Å². The van der Waals surface area contributed by atoms with Gasteiger partial charge >= 0.3 is 0 Å². The molecule has 2 aromatic heterocycles. The van der Waals surface area contributed by atoms with Gasteiger partial charge in [0.15, 0.2) is 0 Å². The highest BCUT2D eigenvalue weighted by molar-refractivity contribution is 7.89. The van der Waals surface area contributed by atoms with Gasteiger partial charge in [-0.15, -0.1) is 11.3 Å². The third-order valence-electron chi connectivity index (χ3n) is 6.32. The second-order valence-corrected chi connectivity index (χ2v) is 11.4. The molecule has 8 heteroatoms. The smallest absolute Gasteiger partial charge is 0.266 e. The van der Waals surface area contributed by atoms with E-state index in [2.05, 4.69) is 5.10 Å². The van der Waals surface area contributed by atoms with Crippen LogP contribution in [0.1, 0.15) is 55.5 Å². The molecule has 2 aliphatic rings. The summed E-state index contributed by atoms with van der Waals surface area (Å²) in [5.74, 6) is -0.245. The van der Waals surface area contributed by atoms with Crippen LogP contribution in [0.15, 0.2) is 35.2 Å². The van der Waals surface area contributed by atoms with Gasteiger partial charge in [0.05, 0.1) is 16.3 Å². The summed E-state index contributed by atoms with van der Waals surface area (Å²) >= 11 is 1.52. The molecule has 0 atom stereocenters. The predicted octanol–water partition coefficient (Wildman–Crippen LogP) is 3.88. The van der Waals surface area contributed by atoms with Crippen LogP contribution in [-0.2, 0) is 35.8 Å².